The molecule has 0 bridgehead atoms. The fraction of sp³-hybridized carbons (Fsp3) is 0.400. The highest BCUT2D eigenvalue weighted by molar-refractivity contribution is 5.81. The molecular weight excluding hydrogens is 224 g/mol. The van der Waals surface area contributed by atoms with Crippen LogP contribution in [0, 0.1) is 0 Å². The highest BCUT2D eigenvalue weighted by atomic mass is 16.3. The third-order valence-corrected chi connectivity index (χ3v) is 3.61. The maximum Gasteiger partial charge on any atom is 0.0705 e. The summed E-state index contributed by atoms with van der Waals surface area (Å²) in [7, 11) is 0. The Kier molecular flexibility index (Phi) is 3.26. The Morgan fingerprint density at radius 2 is 2.17 bits per heavy atom. The van der Waals surface area contributed by atoms with Gasteiger partial charge in [0.25, 0.3) is 0 Å². The number of β-amino-alcohol motifs (C(OH)–C–C–N with tert-alkyl or cyclic N) is 1. The smallest absolute Gasteiger partial charge is 0.0705 e. The summed E-state index contributed by atoms with van der Waals surface area (Å²) in [4.78, 5) is 6.71. The highest BCUT2D eigenvalue weighted by Crippen LogP contribution is 2.20. The van der Waals surface area contributed by atoms with E-state index in [2.05, 4.69) is 28.1 Å². The number of fused-ring (bicyclic) bond motifs is 1. The molecular formula is C15H18N2O. The number of piperidine rings is 1. The van der Waals surface area contributed by atoms with Gasteiger partial charge in [-0.15, -0.1) is 0 Å². The number of hydrogen-bond donors (Lipinski definition) is 1. The van der Waals surface area contributed by atoms with E-state index in [9.17, 15) is 5.11 Å². The van der Waals surface area contributed by atoms with Crippen molar-refractivity contribution in [1.82, 2.24) is 9.88 Å². The van der Waals surface area contributed by atoms with E-state index in [0.717, 1.165) is 38.0 Å². The second-order valence-corrected chi connectivity index (χ2v) is 5.02. The molecule has 1 aliphatic rings. The largest absolute Gasteiger partial charge is 0.392 e. The van der Waals surface area contributed by atoms with Gasteiger partial charge in [0.05, 0.1) is 11.6 Å². The predicted molar refractivity (Wildman–Crippen MR) is 72.3 cm³/mol. The van der Waals surface area contributed by atoms with Crippen LogP contribution in [0.4, 0.5) is 0 Å². The quantitative estimate of drug-likeness (QED) is 0.877. The van der Waals surface area contributed by atoms with Crippen LogP contribution >= 0.6 is 0 Å². The van der Waals surface area contributed by atoms with Crippen LogP contribution in [0.25, 0.3) is 10.9 Å². The van der Waals surface area contributed by atoms with Crippen molar-refractivity contribution >= 4 is 10.9 Å². The summed E-state index contributed by atoms with van der Waals surface area (Å²) in [6.07, 6.45) is 3.74. The standard InChI is InChI=1S/C15H18N2O/c18-13-4-3-9-17(11-13)10-12-7-8-16-15-6-2-1-5-14(12)15/h1-2,5-8,13,18H,3-4,9-11H2. The SMILES string of the molecule is OC1CCCN(Cc2ccnc3ccccc23)C1. The molecule has 0 amide bonds. The van der Waals surface area contributed by atoms with Gasteiger partial charge < -0.3 is 5.11 Å². The number of likely N-dealkylation sites (tertiary alicyclic amines) is 1. The summed E-state index contributed by atoms with van der Waals surface area (Å²) in [6.45, 7) is 2.77. The van der Waals surface area contributed by atoms with Crippen LogP contribution in [0.3, 0.4) is 0 Å². The van der Waals surface area contributed by atoms with Gasteiger partial charge in [0, 0.05) is 24.7 Å². The van der Waals surface area contributed by atoms with Gasteiger partial charge in [-0.25, -0.2) is 0 Å². The molecule has 2 aromatic rings. The number of benzene rings is 1. The Morgan fingerprint density at radius 3 is 3.06 bits per heavy atom. The highest BCUT2D eigenvalue weighted by Gasteiger charge is 2.18. The van der Waals surface area contributed by atoms with E-state index in [4.69, 9.17) is 0 Å². The number of pyridine rings is 1. The van der Waals surface area contributed by atoms with Crippen LogP contribution in [0.1, 0.15) is 18.4 Å². The lowest BCUT2D eigenvalue weighted by Gasteiger charge is -2.30. The van der Waals surface area contributed by atoms with Crippen molar-refractivity contribution in [3.63, 3.8) is 0 Å². The summed E-state index contributed by atoms with van der Waals surface area (Å²) in [5.74, 6) is 0. The van der Waals surface area contributed by atoms with Crippen LogP contribution in [0.5, 0.6) is 0 Å². The van der Waals surface area contributed by atoms with Crippen molar-refractivity contribution in [2.24, 2.45) is 0 Å². The molecule has 3 heteroatoms. The van der Waals surface area contributed by atoms with Crippen LogP contribution in [0.2, 0.25) is 0 Å². The van der Waals surface area contributed by atoms with Gasteiger partial charge in [-0.3, -0.25) is 9.88 Å². The number of rotatable bonds is 2. The molecule has 1 N–H and O–H groups in total. The first-order valence-electron chi connectivity index (χ1n) is 6.56. The number of aliphatic hydroxyl groups excluding tert-OH is 1. The first-order chi connectivity index (χ1) is 8.83. The van der Waals surface area contributed by atoms with Crippen molar-refractivity contribution in [2.45, 2.75) is 25.5 Å². The minimum absolute atomic E-state index is 0.160. The van der Waals surface area contributed by atoms with Crippen LogP contribution < -0.4 is 0 Å². The minimum atomic E-state index is -0.160. The van der Waals surface area contributed by atoms with Gasteiger partial charge in [-0.05, 0) is 37.1 Å². The molecule has 1 aromatic carbocycles. The fourth-order valence-electron chi connectivity index (χ4n) is 2.71. The van der Waals surface area contributed by atoms with Gasteiger partial charge in [-0.2, -0.15) is 0 Å². The Hall–Kier alpha value is -1.45. The summed E-state index contributed by atoms with van der Waals surface area (Å²) in [6, 6.07) is 10.3. The van der Waals surface area contributed by atoms with Gasteiger partial charge >= 0.3 is 0 Å². The van der Waals surface area contributed by atoms with E-state index < -0.39 is 0 Å². The zero-order valence-electron chi connectivity index (χ0n) is 10.4. The monoisotopic (exact) mass is 242 g/mol. The lowest BCUT2D eigenvalue weighted by Crippen LogP contribution is -2.37. The first kappa shape index (κ1) is 11.6. The summed E-state index contributed by atoms with van der Waals surface area (Å²) < 4.78 is 0. The molecule has 1 aliphatic heterocycles. The Labute approximate surface area is 107 Å². The molecule has 18 heavy (non-hydrogen) atoms. The molecule has 1 unspecified atom stereocenters. The molecule has 1 aromatic heterocycles. The molecule has 1 saturated heterocycles. The lowest BCUT2D eigenvalue weighted by molar-refractivity contribution is 0.0670. The van der Waals surface area contributed by atoms with E-state index in [1.807, 2.05) is 18.3 Å². The molecule has 3 nitrogen and oxygen atoms in total. The van der Waals surface area contributed by atoms with Gasteiger partial charge in [-0.1, -0.05) is 18.2 Å². The number of aliphatic hydroxyl groups is 1. The first-order valence-corrected chi connectivity index (χ1v) is 6.56. The van der Waals surface area contributed by atoms with Crippen LogP contribution in [-0.2, 0) is 6.54 Å². The Bertz CT molecular complexity index is 536. The molecule has 0 saturated carbocycles. The lowest BCUT2D eigenvalue weighted by atomic mass is 10.1. The predicted octanol–water partition coefficient (Wildman–Crippen LogP) is 2.19. The number of aromatic nitrogens is 1. The third kappa shape index (κ3) is 2.37. The molecule has 0 spiro atoms. The molecule has 0 aliphatic carbocycles. The van der Waals surface area contributed by atoms with Crippen molar-refractivity contribution in [1.29, 1.82) is 0 Å². The summed E-state index contributed by atoms with van der Waals surface area (Å²) in [5.41, 5.74) is 2.35. The number of hydrogen-bond acceptors (Lipinski definition) is 3. The zero-order chi connectivity index (χ0) is 12.4. The Balaban J connectivity index is 1.86. The fourth-order valence-corrected chi connectivity index (χ4v) is 2.71. The summed E-state index contributed by atoms with van der Waals surface area (Å²) in [5, 5.41) is 10.9. The number of nitrogens with zero attached hydrogens (tertiary/aromatic N) is 2. The van der Waals surface area contributed by atoms with E-state index in [1.54, 1.807) is 0 Å². The second-order valence-electron chi connectivity index (χ2n) is 5.02. The van der Waals surface area contributed by atoms with Crippen molar-refractivity contribution in [2.75, 3.05) is 13.1 Å². The topological polar surface area (TPSA) is 36.4 Å². The minimum Gasteiger partial charge on any atom is -0.392 e. The van der Waals surface area contributed by atoms with Crippen molar-refractivity contribution in [3.05, 3.63) is 42.1 Å². The van der Waals surface area contributed by atoms with Crippen molar-refractivity contribution in [3.8, 4) is 0 Å². The molecule has 1 atom stereocenters. The molecule has 2 heterocycles. The zero-order valence-corrected chi connectivity index (χ0v) is 10.4. The average molecular weight is 242 g/mol. The Morgan fingerprint density at radius 1 is 1.28 bits per heavy atom. The van der Waals surface area contributed by atoms with Gasteiger partial charge in [0.2, 0.25) is 0 Å². The van der Waals surface area contributed by atoms with Gasteiger partial charge in [0.15, 0.2) is 0 Å². The molecule has 1 fully saturated rings. The number of para-hydroxylation sites is 1. The third-order valence-electron chi connectivity index (χ3n) is 3.61. The molecule has 0 radical (unpaired) electrons. The average Bonchev–Trinajstić information content (AvgIpc) is 2.39. The van der Waals surface area contributed by atoms with E-state index in [0.29, 0.717) is 0 Å². The maximum atomic E-state index is 9.72. The second kappa shape index (κ2) is 5.04. The van der Waals surface area contributed by atoms with Gasteiger partial charge in [0.1, 0.15) is 0 Å². The van der Waals surface area contributed by atoms with Crippen LogP contribution in [-0.4, -0.2) is 34.2 Å². The van der Waals surface area contributed by atoms with Crippen LogP contribution in [0.15, 0.2) is 36.5 Å². The summed E-state index contributed by atoms with van der Waals surface area (Å²) >= 11 is 0. The van der Waals surface area contributed by atoms with Crippen molar-refractivity contribution < 1.29 is 5.11 Å². The molecule has 94 valence electrons. The molecule has 3 rings (SSSR count). The maximum absolute atomic E-state index is 9.72. The van der Waals surface area contributed by atoms with E-state index >= 15 is 0 Å². The van der Waals surface area contributed by atoms with E-state index in [1.165, 1.54) is 10.9 Å². The van der Waals surface area contributed by atoms with E-state index in [-0.39, 0.29) is 6.10 Å². The normalized spacial score (nSPS) is 21.3.